The van der Waals surface area contributed by atoms with Gasteiger partial charge >= 0.3 is 0 Å². The number of aryl methyl sites for hydroxylation is 1. The van der Waals surface area contributed by atoms with Gasteiger partial charge in [-0.3, -0.25) is 10.1 Å². The van der Waals surface area contributed by atoms with Crippen molar-refractivity contribution >= 4 is 22.9 Å². The summed E-state index contributed by atoms with van der Waals surface area (Å²) < 4.78 is 40.1. The molecule has 28 heavy (non-hydrogen) atoms. The van der Waals surface area contributed by atoms with Crippen molar-refractivity contribution in [1.82, 2.24) is 5.32 Å². The molecule has 7 heteroatoms. The molecule has 0 aliphatic rings. The molecule has 2 aromatic carbocycles. The lowest BCUT2D eigenvalue weighted by Gasteiger charge is -2.18. The van der Waals surface area contributed by atoms with E-state index >= 15 is 0 Å². The van der Waals surface area contributed by atoms with Crippen LogP contribution < -0.4 is 10.6 Å². The quantitative estimate of drug-likeness (QED) is 0.542. The Bertz CT molecular complexity index is 943. The van der Waals surface area contributed by atoms with Gasteiger partial charge < -0.3 is 5.32 Å². The molecule has 3 nitrogen and oxygen atoms in total. The Morgan fingerprint density at radius 2 is 1.79 bits per heavy atom. The molecule has 1 aromatic heterocycles. The summed E-state index contributed by atoms with van der Waals surface area (Å²) in [5, 5.41) is 7.36. The molecule has 0 aliphatic carbocycles. The minimum atomic E-state index is -1.61. The highest BCUT2D eigenvalue weighted by Crippen LogP contribution is 2.26. The topological polar surface area (TPSA) is 41.1 Å². The largest absolute Gasteiger partial charge is 0.322 e. The fraction of sp³-hybridized carbons (Fsp3) is 0.190. The summed E-state index contributed by atoms with van der Waals surface area (Å²) >= 11 is 1.55. The van der Waals surface area contributed by atoms with Gasteiger partial charge in [-0.25, -0.2) is 13.2 Å². The van der Waals surface area contributed by atoms with Crippen molar-refractivity contribution in [3.8, 4) is 0 Å². The number of amides is 1. The van der Waals surface area contributed by atoms with Crippen molar-refractivity contribution in [2.24, 2.45) is 0 Å². The lowest BCUT2D eigenvalue weighted by atomic mass is 10.0. The van der Waals surface area contributed by atoms with Gasteiger partial charge in [-0.05, 0) is 41.1 Å². The van der Waals surface area contributed by atoms with Crippen molar-refractivity contribution in [2.45, 2.75) is 19.4 Å². The molecule has 0 saturated carbocycles. The lowest BCUT2D eigenvalue weighted by molar-refractivity contribution is -0.115. The number of thiophene rings is 1. The van der Waals surface area contributed by atoms with E-state index in [9.17, 15) is 18.0 Å². The summed E-state index contributed by atoms with van der Waals surface area (Å²) in [6.45, 7) is 1.95. The standard InChI is InChI=1S/C21H19F3N2OS/c1-2-13-5-7-14(8-6-13)21(17-4-3-11-28-17)25-12-18(27)26-16-10-9-15(22)19(23)20(16)24/h3-11,21,25H,2,12H2,1H3,(H,26,27)/t21-/m1/s1. The maximum Gasteiger partial charge on any atom is 0.238 e. The van der Waals surface area contributed by atoms with Crippen LogP contribution in [0.15, 0.2) is 53.9 Å². The van der Waals surface area contributed by atoms with Crippen LogP contribution in [0.4, 0.5) is 18.9 Å². The fourth-order valence-corrected chi connectivity index (χ4v) is 3.62. The monoisotopic (exact) mass is 404 g/mol. The number of carbonyl (C=O) groups excluding carboxylic acids is 1. The van der Waals surface area contributed by atoms with E-state index in [-0.39, 0.29) is 12.6 Å². The van der Waals surface area contributed by atoms with Crippen LogP contribution in [-0.2, 0) is 11.2 Å². The predicted octanol–water partition coefficient (Wildman–Crippen LogP) is 5.05. The highest BCUT2D eigenvalue weighted by Gasteiger charge is 2.18. The molecule has 0 saturated heterocycles. The van der Waals surface area contributed by atoms with Crippen LogP contribution in [0.2, 0.25) is 0 Å². The molecule has 1 atom stereocenters. The molecule has 0 unspecified atom stereocenters. The summed E-state index contributed by atoms with van der Waals surface area (Å²) in [5.41, 5.74) is 1.80. The first-order chi connectivity index (χ1) is 13.5. The smallest absolute Gasteiger partial charge is 0.238 e. The van der Waals surface area contributed by atoms with Crippen molar-refractivity contribution in [1.29, 1.82) is 0 Å². The fourth-order valence-electron chi connectivity index (χ4n) is 2.80. The summed E-state index contributed by atoms with van der Waals surface area (Å²) in [4.78, 5) is 13.2. The SMILES string of the molecule is CCc1ccc([C@@H](NCC(=O)Nc2ccc(F)c(F)c2F)c2cccs2)cc1. The number of benzene rings is 2. The molecule has 1 heterocycles. The number of hydrogen-bond donors (Lipinski definition) is 2. The lowest BCUT2D eigenvalue weighted by Crippen LogP contribution is -2.31. The molecule has 2 N–H and O–H groups in total. The molecular formula is C21H19F3N2OS. The van der Waals surface area contributed by atoms with Gasteiger partial charge in [0.25, 0.3) is 0 Å². The Labute approximate surface area is 165 Å². The zero-order valence-electron chi connectivity index (χ0n) is 15.1. The van der Waals surface area contributed by atoms with E-state index in [1.807, 2.05) is 41.8 Å². The molecule has 0 fully saturated rings. The normalized spacial score (nSPS) is 12.0. The van der Waals surface area contributed by atoms with Gasteiger partial charge in [0.2, 0.25) is 5.91 Å². The highest BCUT2D eigenvalue weighted by atomic mass is 32.1. The van der Waals surface area contributed by atoms with E-state index in [2.05, 4.69) is 17.6 Å². The van der Waals surface area contributed by atoms with Gasteiger partial charge in [-0.15, -0.1) is 11.3 Å². The number of rotatable bonds is 7. The third kappa shape index (κ3) is 4.61. The molecule has 3 rings (SSSR count). The van der Waals surface area contributed by atoms with Crippen LogP contribution in [0, 0.1) is 17.5 Å². The minimum absolute atomic E-state index is 0.128. The van der Waals surface area contributed by atoms with Gasteiger partial charge in [0.05, 0.1) is 18.3 Å². The first-order valence-corrected chi connectivity index (χ1v) is 9.66. The molecule has 0 aliphatic heterocycles. The van der Waals surface area contributed by atoms with Crippen LogP contribution in [0.5, 0.6) is 0 Å². The van der Waals surface area contributed by atoms with Gasteiger partial charge in [-0.1, -0.05) is 37.3 Å². The van der Waals surface area contributed by atoms with Crippen molar-refractivity contribution in [3.63, 3.8) is 0 Å². The first kappa shape index (κ1) is 20.1. The zero-order chi connectivity index (χ0) is 20.1. The van der Waals surface area contributed by atoms with Crippen molar-refractivity contribution in [2.75, 3.05) is 11.9 Å². The molecule has 3 aromatic rings. The molecule has 146 valence electrons. The van der Waals surface area contributed by atoms with Gasteiger partial charge in [-0.2, -0.15) is 0 Å². The van der Waals surface area contributed by atoms with Crippen LogP contribution in [0.3, 0.4) is 0 Å². The molecule has 0 spiro atoms. The Kier molecular flexibility index (Phi) is 6.49. The maximum absolute atomic E-state index is 13.7. The number of nitrogens with one attached hydrogen (secondary N) is 2. The molecule has 1 amide bonds. The number of halogens is 3. The summed E-state index contributed by atoms with van der Waals surface area (Å²) in [6.07, 6.45) is 0.930. The van der Waals surface area contributed by atoms with E-state index in [1.54, 1.807) is 11.3 Å². The third-order valence-corrected chi connectivity index (χ3v) is 5.26. The second-order valence-electron chi connectivity index (χ2n) is 6.20. The van der Waals surface area contributed by atoms with Crippen LogP contribution in [0.1, 0.15) is 29.0 Å². The average molecular weight is 404 g/mol. The number of hydrogen-bond acceptors (Lipinski definition) is 3. The first-order valence-electron chi connectivity index (χ1n) is 8.78. The van der Waals surface area contributed by atoms with Crippen LogP contribution >= 0.6 is 11.3 Å². The van der Waals surface area contributed by atoms with Crippen LogP contribution in [-0.4, -0.2) is 12.5 Å². The second-order valence-corrected chi connectivity index (χ2v) is 7.17. The van der Waals surface area contributed by atoms with Gasteiger partial charge in [0.1, 0.15) is 0 Å². The number of carbonyl (C=O) groups is 1. The Morgan fingerprint density at radius 3 is 2.43 bits per heavy atom. The van der Waals surface area contributed by atoms with Gasteiger partial charge in [0.15, 0.2) is 17.5 Å². The highest BCUT2D eigenvalue weighted by molar-refractivity contribution is 7.10. The van der Waals surface area contributed by atoms with E-state index < -0.39 is 29.0 Å². The van der Waals surface area contributed by atoms with E-state index in [0.717, 1.165) is 29.0 Å². The molecule has 0 bridgehead atoms. The molecule has 0 radical (unpaired) electrons. The zero-order valence-corrected chi connectivity index (χ0v) is 16.0. The minimum Gasteiger partial charge on any atom is -0.322 e. The second kappa shape index (κ2) is 9.03. The Balaban J connectivity index is 1.71. The Morgan fingerprint density at radius 1 is 1.04 bits per heavy atom. The van der Waals surface area contributed by atoms with E-state index in [4.69, 9.17) is 0 Å². The summed E-state index contributed by atoms with van der Waals surface area (Å²) in [5.74, 6) is -4.89. The van der Waals surface area contributed by atoms with Crippen molar-refractivity contribution < 1.29 is 18.0 Å². The van der Waals surface area contributed by atoms with Gasteiger partial charge in [0, 0.05) is 4.88 Å². The predicted molar refractivity (Wildman–Crippen MR) is 105 cm³/mol. The maximum atomic E-state index is 13.7. The number of anilines is 1. The molecular weight excluding hydrogens is 385 g/mol. The summed E-state index contributed by atoms with van der Waals surface area (Å²) in [6, 6.07) is 13.5. The van der Waals surface area contributed by atoms with Crippen LogP contribution in [0.25, 0.3) is 0 Å². The van der Waals surface area contributed by atoms with Crippen molar-refractivity contribution in [3.05, 3.63) is 87.4 Å². The average Bonchev–Trinajstić information content (AvgIpc) is 3.23. The summed E-state index contributed by atoms with van der Waals surface area (Å²) in [7, 11) is 0. The third-order valence-electron chi connectivity index (χ3n) is 4.33. The Hall–Kier alpha value is -2.64. The van der Waals surface area contributed by atoms with E-state index in [1.165, 1.54) is 5.56 Å². The van der Waals surface area contributed by atoms with E-state index in [0.29, 0.717) is 0 Å².